The number of amides is 1. The number of piperidine rings is 1. The molecular weight excluding hydrogens is 300 g/mol. The molecule has 2 N–H and O–H groups in total. The van der Waals surface area contributed by atoms with Gasteiger partial charge in [-0.1, -0.05) is 6.07 Å². The molecule has 122 valence electrons. The van der Waals surface area contributed by atoms with E-state index in [-0.39, 0.29) is 24.2 Å². The Labute approximate surface area is 138 Å². The summed E-state index contributed by atoms with van der Waals surface area (Å²) in [6, 6.07) is 4.14. The number of carbonyl (C=O) groups excluding carboxylic acids is 1. The molecule has 0 bridgehead atoms. The van der Waals surface area contributed by atoms with Crippen LogP contribution in [0.1, 0.15) is 31.2 Å². The fourth-order valence-electron chi connectivity index (χ4n) is 3.07. The fraction of sp³-hybridized carbons (Fsp3) is 0.625. The first-order chi connectivity index (χ1) is 10.3. The lowest BCUT2D eigenvalue weighted by molar-refractivity contribution is -0.125. The highest BCUT2D eigenvalue weighted by Crippen LogP contribution is 2.17. The van der Waals surface area contributed by atoms with Gasteiger partial charge < -0.3 is 15.5 Å². The first kappa shape index (κ1) is 17.0. The third-order valence-electron chi connectivity index (χ3n) is 4.42. The zero-order chi connectivity index (χ0) is 14.5. The molecule has 0 unspecified atom stereocenters. The monoisotopic (exact) mass is 324 g/mol. The topological polar surface area (TPSA) is 57.3 Å². The number of aromatic nitrogens is 1. The minimum atomic E-state index is 0. The lowest BCUT2D eigenvalue weighted by Gasteiger charge is -2.21. The van der Waals surface area contributed by atoms with Crippen molar-refractivity contribution in [3.63, 3.8) is 0 Å². The summed E-state index contributed by atoms with van der Waals surface area (Å²) >= 11 is 0. The lowest BCUT2D eigenvalue weighted by atomic mass is 9.97. The standard InChI is InChI=1S/C16H24N4O.ClH/c21-16(14-5-7-17-8-6-14)19-12-13-3-4-15(18-11-13)20-9-1-2-10-20;/h3-4,11,14,17H,1-2,5-10,12H2,(H,19,21);1H. The van der Waals surface area contributed by atoms with E-state index in [1.165, 1.54) is 12.8 Å². The molecule has 0 saturated carbocycles. The summed E-state index contributed by atoms with van der Waals surface area (Å²) in [5.41, 5.74) is 1.07. The van der Waals surface area contributed by atoms with Crippen LogP contribution < -0.4 is 15.5 Å². The minimum absolute atomic E-state index is 0. The van der Waals surface area contributed by atoms with Crippen LogP contribution in [0.3, 0.4) is 0 Å². The van der Waals surface area contributed by atoms with Gasteiger partial charge in [0.05, 0.1) is 0 Å². The zero-order valence-corrected chi connectivity index (χ0v) is 13.7. The molecule has 22 heavy (non-hydrogen) atoms. The Morgan fingerprint density at radius 1 is 1.27 bits per heavy atom. The minimum Gasteiger partial charge on any atom is -0.357 e. The van der Waals surface area contributed by atoms with Crippen molar-refractivity contribution < 1.29 is 4.79 Å². The van der Waals surface area contributed by atoms with Gasteiger partial charge in [-0.15, -0.1) is 12.4 Å². The molecule has 1 aromatic heterocycles. The van der Waals surface area contributed by atoms with E-state index in [1.807, 2.05) is 6.20 Å². The van der Waals surface area contributed by atoms with E-state index in [2.05, 4.69) is 32.7 Å². The van der Waals surface area contributed by atoms with Gasteiger partial charge in [0, 0.05) is 31.7 Å². The van der Waals surface area contributed by atoms with Crippen LogP contribution in [0.15, 0.2) is 18.3 Å². The smallest absolute Gasteiger partial charge is 0.223 e. The Morgan fingerprint density at radius 3 is 2.64 bits per heavy atom. The second-order valence-corrected chi connectivity index (χ2v) is 5.96. The molecule has 3 heterocycles. The Balaban J connectivity index is 0.00000176. The van der Waals surface area contributed by atoms with Crippen molar-refractivity contribution in [2.75, 3.05) is 31.1 Å². The van der Waals surface area contributed by atoms with Gasteiger partial charge in [0.2, 0.25) is 5.91 Å². The van der Waals surface area contributed by atoms with E-state index in [0.717, 1.165) is 50.4 Å². The van der Waals surface area contributed by atoms with E-state index in [0.29, 0.717) is 6.54 Å². The van der Waals surface area contributed by atoms with E-state index < -0.39 is 0 Å². The number of nitrogens with one attached hydrogen (secondary N) is 2. The van der Waals surface area contributed by atoms with Crippen LogP contribution >= 0.6 is 12.4 Å². The SMILES string of the molecule is Cl.O=C(NCc1ccc(N2CCCC2)nc1)C1CCNCC1. The summed E-state index contributed by atoms with van der Waals surface area (Å²) in [6.45, 7) is 4.70. The van der Waals surface area contributed by atoms with Crippen LogP contribution in [0.5, 0.6) is 0 Å². The maximum Gasteiger partial charge on any atom is 0.223 e. The van der Waals surface area contributed by atoms with Gasteiger partial charge in [-0.2, -0.15) is 0 Å². The number of hydrogen-bond donors (Lipinski definition) is 2. The molecule has 2 aliphatic heterocycles. The molecule has 0 atom stereocenters. The van der Waals surface area contributed by atoms with Crippen molar-refractivity contribution in [1.29, 1.82) is 0 Å². The van der Waals surface area contributed by atoms with Crippen LogP contribution in [0.25, 0.3) is 0 Å². The lowest BCUT2D eigenvalue weighted by Crippen LogP contribution is -2.37. The van der Waals surface area contributed by atoms with Crippen molar-refractivity contribution in [1.82, 2.24) is 15.6 Å². The van der Waals surface area contributed by atoms with Gasteiger partial charge in [0.1, 0.15) is 5.82 Å². The molecule has 0 spiro atoms. The molecule has 0 aliphatic carbocycles. The van der Waals surface area contributed by atoms with Gasteiger partial charge >= 0.3 is 0 Å². The fourth-order valence-corrected chi connectivity index (χ4v) is 3.07. The van der Waals surface area contributed by atoms with Crippen LogP contribution in [-0.4, -0.2) is 37.1 Å². The van der Waals surface area contributed by atoms with Crippen LogP contribution in [0, 0.1) is 5.92 Å². The van der Waals surface area contributed by atoms with E-state index in [9.17, 15) is 4.79 Å². The van der Waals surface area contributed by atoms with E-state index >= 15 is 0 Å². The molecule has 2 fully saturated rings. The Hall–Kier alpha value is -1.33. The summed E-state index contributed by atoms with van der Waals surface area (Å²) in [6.07, 6.45) is 6.29. The average molecular weight is 325 g/mol. The highest BCUT2D eigenvalue weighted by atomic mass is 35.5. The molecule has 1 amide bonds. The predicted molar refractivity (Wildman–Crippen MR) is 90.4 cm³/mol. The normalized spacial score (nSPS) is 18.8. The third-order valence-corrected chi connectivity index (χ3v) is 4.42. The van der Waals surface area contributed by atoms with Gasteiger partial charge in [-0.05, 0) is 50.4 Å². The van der Waals surface area contributed by atoms with Crippen LogP contribution in [0.2, 0.25) is 0 Å². The van der Waals surface area contributed by atoms with Crippen molar-refractivity contribution in [3.8, 4) is 0 Å². The highest BCUT2D eigenvalue weighted by molar-refractivity contribution is 5.85. The van der Waals surface area contributed by atoms with Crippen molar-refractivity contribution in [2.45, 2.75) is 32.2 Å². The van der Waals surface area contributed by atoms with Crippen molar-refractivity contribution in [3.05, 3.63) is 23.9 Å². The molecule has 3 rings (SSSR count). The highest BCUT2D eigenvalue weighted by Gasteiger charge is 2.20. The quantitative estimate of drug-likeness (QED) is 0.885. The van der Waals surface area contributed by atoms with Gasteiger partial charge in [0.15, 0.2) is 0 Å². The summed E-state index contributed by atoms with van der Waals surface area (Å²) < 4.78 is 0. The van der Waals surface area contributed by atoms with Gasteiger partial charge in [-0.25, -0.2) is 4.98 Å². The summed E-state index contributed by atoms with van der Waals surface area (Å²) in [7, 11) is 0. The number of hydrogen-bond acceptors (Lipinski definition) is 4. The summed E-state index contributed by atoms with van der Waals surface area (Å²) in [5.74, 6) is 1.41. The maximum atomic E-state index is 12.1. The third kappa shape index (κ3) is 4.34. The predicted octanol–water partition coefficient (Wildman–Crippen LogP) is 1.72. The first-order valence-electron chi connectivity index (χ1n) is 8.01. The molecule has 5 nitrogen and oxygen atoms in total. The number of anilines is 1. The number of carbonyl (C=O) groups is 1. The van der Waals surface area contributed by atoms with Gasteiger partial charge in [0.25, 0.3) is 0 Å². The molecular formula is C16H25ClN4O. The second kappa shape index (κ2) is 8.34. The molecule has 1 aromatic rings. The molecule has 0 aromatic carbocycles. The van der Waals surface area contributed by atoms with E-state index in [1.54, 1.807) is 0 Å². The first-order valence-corrected chi connectivity index (χ1v) is 8.01. The Kier molecular flexibility index (Phi) is 6.46. The maximum absolute atomic E-state index is 12.1. The zero-order valence-electron chi connectivity index (χ0n) is 12.9. The second-order valence-electron chi connectivity index (χ2n) is 5.96. The Morgan fingerprint density at radius 2 is 2.00 bits per heavy atom. The molecule has 2 aliphatic rings. The van der Waals surface area contributed by atoms with Crippen LogP contribution in [-0.2, 0) is 11.3 Å². The van der Waals surface area contributed by atoms with Crippen molar-refractivity contribution >= 4 is 24.1 Å². The van der Waals surface area contributed by atoms with E-state index in [4.69, 9.17) is 0 Å². The number of nitrogens with zero attached hydrogens (tertiary/aromatic N) is 2. The number of pyridine rings is 1. The van der Waals surface area contributed by atoms with Crippen LogP contribution in [0.4, 0.5) is 5.82 Å². The molecule has 0 radical (unpaired) electrons. The molecule has 2 saturated heterocycles. The summed E-state index contributed by atoms with van der Waals surface area (Å²) in [4.78, 5) is 18.9. The summed E-state index contributed by atoms with van der Waals surface area (Å²) in [5, 5.41) is 6.32. The van der Waals surface area contributed by atoms with Gasteiger partial charge in [-0.3, -0.25) is 4.79 Å². The van der Waals surface area contributed by atoms with Crippen molar-refractivity contribution in [2.24, 2.45) is 5.92 Å². The molecule has 6 heteroatoms. The number of halogens is 1. The average Bonchev–Trinajstić information content (AvgIpc) is 3.08. The Bertz CT molecular complexity index is 468. The largest absolute Gasteiger partial charge is 0.357 e. The number of rotatable bonds is 4.